The molecule has 0 bridgehead atoms. The normalized spacial score (nSPS) is 13.4. The van der Waals surface area contributed by atoms with Crippen molar-refractivity contribution in [2.45, 2.75) is 19.3 Å². The van der Waals surface area contributed by atoms with Gasteiger partial charge in [0.25, 0.3) is 0 Å². The predicted octanol–water partition coefficient (Wildman–Crippen LogP) is 3.74. The van der Waals surface area contributed by atoms with Gasteiger partial charge in [-0.3, -0.25) is 10.2 Å². The number of thiophene rings is 1. The lowest BCUT2D eigenvalue weighted by atomic mass is 10.0. The molecule has 0 amide bonds. The zero-order chi connectivity index (χ0) is 13.1. The summed E-state index contributed by atoms with van der Waals surface area (Å²) < 4.78 is 0. The quantitative estimate of drug-likeness (QED) is 0.860. The van der Waals surface area contributed by atoms with Crippen molar-refractivity contribution in [3.63, 3.8) is 0 Å². The van der Waals surface area contributed by atoms with Gasteiger partial charge in [-0.05, 0) is 29.5 Å². The average molecular weight is 270 g/mol. The number of hydrogen-bond donors (Lipinski definition) is 1. The molecule has 1 aromatic carbocycles. The van der Waals surface area contributed by atoms with Crippen LogP contribution in [0.1, 0.15) is 28.1 Å². The van der Waals surface area contributed by atoms with Crippen LogP contribution in [0.2, 0.25) is 0 Å². The van der Waals surface area contributed by atoms with E-state index in [1.807, 2.05) is 35.7 Å². The number of fused-ring (bicyclic) bond motifs is 1. The molecule has 3 rings (SSSR count). The van der Waals surface area contributed by atoms with Crippen LogP contribution in [-0.4, -0.2) is 11.5 Å². The van der Waals surface area contributed by atoms with Crippen LogP contribution in [0.25, 0.3) is 0 Å². The molecule has 4 heteroatoms. The molecule has 0 fully saturated rings. The van der Waals surface area contributed by atoms with E-state index in [1.165, 1.54) is 16.9 Å². The van der Waals surface area contributed by atoms with Crippen molar-refractivity contribution in [1.82, 2.24) is 0 Å². The third-order valence-corrected chi connectivity index (χ3v) is 4.09. The fourth-order valence-electron chi connectivity index (χ4n) is 2.14. The summed E-state index contributed by atoms with van der Waals surface area (Å²) in [6, 6.07) is 11.9. The second kappa shape index (κ2) is 5.36. The summed E-state index contributed by atoms with van der Waals surface area (Å²) >= 11 is 1.50. The van der Waals surface area contributed by atoms with Crippen LogP contribution < -0.4 is 5.43 Å². The first kappa shape index (κ1) is 12.1. The van der Waals surface area contributed by atoms with Crippen molar-refractivity contribution in [3.05, 3.63) is 52.2 Å². The molecule has 19 heavy (non-hydrogen) atoms. The number of nitrogens with zero attached hydrogens (tertiary/aromatic N) is 1. The Kier molecular flexibility index (Phi) is 3.42. The van der Waals surface area contributed by atoms with E-state index in [1.54, 1.807) is 0 Å². The summed E-state index contributed by atoms with van der Waals surface area (Å²) in [6.45, 7) is 0. The summed E-state index contributed by atoms with van der Waals surface area (Å²) in [4.78, 5) is 12.8. The van der Waals surface area contributed by atoms with E-state index in [9.17, 15) is 4.79 Å². The van der Waals surface area contributed by atoms with Crippen molar-refractivity contribution in [2.75, 3.05) is 5.43 Å². The lowest BCUT2D eigenvalue weighted by Gasteiger charge is -2.16. The molecular weight excluding hydrogens is 256 g/mol. The van der Waals surface area contributed by atoms with E-state index in [4.69, 9.17) is 0 Å². The summed E-state index contributed by atoms with van der Waals surface area (Å²) in [5.74, 6) is 0.205. The van der Waals surface area contributed by atoms with Gasteiger partial charge in [-0.15, -0.1) is 11.3 Å². The zero-order valence-electron chi connectivity index (χ0n) is 10.4. The van der Waals surface area contributed by atoms with E-state index in [-0.39, 0.29) is 5.78 Å². The summed E-state index contributed by atoms with van der Waals surface area (Å²) in [7, 11) is 0. The Bertz CT molecular complexity index is 617. The number of hydrogen-bond acceptors (Lipinski definition) is 4. The van der Waals surface area contributed by atoms with Crippen molar-refractivity contribution in [2.24, 2.45) is 5.10 Å². The Morgan fingerprint density at radius 3 is 3.00 bits per heavy atom. The Hall–Kier alpha value is -1.94. The second-order valence-corrected chi connectivity index (χ2v) is 5.47. The molecule has 3 nitrogen and oxygen atoms in total. The van der Waals surface area contributed by atoms with Gasteiger partial charge in [0.1, 0.15) is 0 Å². The highest BCUT2D eigenvalue weighted by atomic mass is 32.1. The summed E-state index contributed by atoms with van der Waals surface area (Å²) in [6.07, 6.45) is 2.09. The van der Waals surface area contributed by atoms with Crippen molar-refractivity contribution in [3.8, 4) is 0 Å². The number of carbonyl (C=O) groups excluding carboxylic acids is 1. The smallest absolute Gasteiger partial charge is 0.173 e. The molecule has 2 heterocycles. The van der Waals surface area contributed by atoms with E-state index in [2.05, 4.69) is 16.6 Å². The zero-order valence-corrected chi connectivity index (χ0v) is 11.2. The minimum atomic E-state index is 0.205. The van der Waals surface area contributed by atoms with Gasteiger partial charge < -0.3 is 0 Å². The van der Waals surface area contributed by atoms with Crippen LogP contribution in [0.3, 0.4) is 0 Å². The first-order valence-electron chi connectivity index (χ1n) is 6.29. The van der Waals surface area contributed by atoms with Crippen molar-refractivity contribution in [1.29, 1.82) is 0 Å². The van der Waals surface area contributed by atoms with Crippen LogP contribution in [0, 0.1) is 0 Å². The van der Waals surface area contributed by atoms with Gasteiger partial charge in [-0.25, -0.2) is 0 Å². The lowest BCUT2D eigenvalue weighted by molar-refractivity contribution is 0.0988. The highest BCUT2D eigenvalue weighted by molar-refractivity contribution is 7.12. The molecule has 0 radical (unpaired) electrons. The van der Waals surface area contributed by atoms with Crippen LogP contribution in [0.15, 0.2) is 46.9 Å². The number of anilines is 1. The molecule has 0 spiro atoms. The standard InChI is InChI=1S/C15H14N2OS/c18-14(15-6-3-9-19-15)8-7-12-10-11-4-1-2-5-13(11)17-16-12/h1-6,9,17H,7-8,10H2. The highest BCUT2D eigenvalue weighted by Crippen LogP contribution is 2.21. The molecule has 0 unspecified atom stereocenters. The predicted molar refractivity (Wildman–Crippen MR) is 79.1 cm³/mol. The first-order chi connectivity index (χ1) is 9.33. The largest absolute Gasteiger partial charge is 0.293 e. The molecule has 0 atom stereocenters. The van der Waals surface area contributed by atoms with E-state index in [0.29, 0.717) is 6.42 Å². The number of nitrogens with one attached hydrogen (secondary N) is 1. The van der Waals surface area contributed by atoms with Gasteiger partial charge in [0.05, 0.1) is 10.6 Å². The molecule has 2 aromatic rings. The van der Waals surface area contributed by atoms with Gasteiger partial charge in [0, 0.05) is 18.6 Å². The van der Waals surface area contributed by atoms with Crippen LogP contribution in [0.5, 0.6) is 0 Å². The molecule has 0 saturated carbocycles. The van der Waals surface area contributed by atoms with Crippen LogP contribution in [-0.2, 0) is 6.42 Å². The van der Waals surface area contributed by atoms with Crippen molar-refractivity contribution < 1.29 is 4.79 Å². The van der Waals surface area contributed by atoms with Crippen LogP contribution >= 0.6 is 11.3 Å². The maximum atomic E-state index is 11.9. The number of carbonyl (C=O) groups is 1. The average Bonchev–Trinajstić information content (AvgIpc) is 2.99. The number of ketones is 1. The minimum absolute atomic E-state index is 0.205. The van der Waals surface area contributed by atoms with E-state index >= 15 is 0 Å². The number of para-hydroxylation sites is 1. The fraction of sp³-hybridized carbons (Fsp3) is 0.200. The Morgan fingerprint density at radius 1 is 1.26 bits per heavy atom. The van der Waals surface area contributed by atoms with E-state index < -0.39 is 0 Å². The Labute approximate surface area is 116 Å². The van der Waals surface area contributed by atoms with Gasteiger partial charge >= 0.3 is 0 Å². The number of rotatable bonds is 4. The molecule has 1 aromatic heterocycles. The molecule has 0 saturated heterocycles. The number of benzene rings is 1. The van der Waals surface area contributed by atoms with Gasteiger partial charge in [0.15, 0.2) is 5.78 Å². The number of hydrazone groups is 1. The topological polar surface area (TPSA) is 41.5 Å². The lowest BCUT2D eigenvalue weighted by Crippen LogP contribution is -2.14. The Balaban J connectivity index is 1.61. The minimum Gasteiger partial charge on any atom is -0.293 e. The number of Topliss-reactive ketones (excluding diaryl/α,β-unsaturated/α-hetero) is 1. The molecule has 96 valence electrons. The van der Waals surface area contributed by atoms with Crippen molar-refractivity contribution >= 4 is 28.5 Å². The maximum absolute atomic E-state index is 11.9. The molecule has 1 aliphatic rings. The first-order valence-corrected chi connectivity index (χ1v) is 7.17. The van der Waals surface area contributed by atoms with Gasteiger partial charge in [0.2, 0.25) is 0 Å². The SMILES string of the molecule is O=C(CCC1=NNc2ccccc2C1)c1cccs1. The summed E-state index contributed by atoms with van der Waals surface area (Å²) in [5, 5.41) is 6.28. The highest BCUT2D eigenvalue weighted by Gasteiger charge is 2.14. The molecule has 1 aliphatic heterocycles. The van der Waals surface area contributed by atoms with Gasteiger partial charge in [-0.2, -0.15) is 5.10 Å². The third-order valence-electron chi connectivity index (χ3n) is 3.18. The Morgan fingerprint density at radius 2 is 2.16 bits per heavy atom. The second-order valence-electron chi connectivity index (χ2n) is 4.52. The fourth-order valence-corrected chi connectivity index (χ4v) is 2.84. The monoisotopic (exact) mass is 270 g/mol. The third kappa shape index (κ3) is 2.74. The van der Waals surface area contributed by atoms with E-state index in [0.717, 1.165) is 29.1 Å². The van der Waals surface area contributed by atoms with Crippen LogP contribution in [0.4, 0.5) is 5.69 Å². The molecule has 1 N–H and O–H groups in total. The molecule has 0 aliphatic carbocycles. The summed E-state index contributed by atoms with van der Waals surface area (Å²) in [5.41, 5.74) is 6.41. The maximum Gasteiger partial charge on any atom is 0.173 e. The van der Waals surface area contributed by atoms with Gasteiger partial charge in [-0.1, -0.05) is 24.3 Å². The molecular formula is C15H14N2OS.